The van der Waals surface area contributed by atoms with E-state index in [-0.39, 0.29) is 22.2 Å². The van der Waals surface area contributed by atoms with Gasteiger partial charge in [0.05, 0.1) is 6.54 Å². The monoisotopic (exact) mass is 336 g/mol. The number of hydrogen-bond donors (Lipinski definition) is 2. The topological polar surface area (TPSA) is 85.3 Å². The molecule has 0 saturated heterocycles. The van der Waals surface area contributed by atoms with Crippen molar-refractivity contribution >= 4 is 26.0 Å². The summed E-state index contributed by atoms with van der Waals surface area (Å²) in [6.07, 6.45) is 2.84. The number of furan rings is 1. The summed E-state index contributed by atoms with van der Waals surface area (Å²) in [5.74, 6) is 1.02. The number of sulfonamides is 1. The van der Waals surface area contributed by atoms with E-state index in [0.29, 0.717) is 11.7 Å². The maximum Gasteiger partial charge on any atom is 0.245 e. The van der Waals surface area contributed by atoms with Gasteiger partial charge in [-0.3, -0.25) is 0 Å². The smallest absolute Gasteiger partial charge is 0.245 e. The number of nitrogens with two attached hydrogens (primary N) is 1. The average molecular weight is 337 g/mol. The van der Waals surface area contributed by atoms with E-state index in [0.717, 1.165) is 19.3 Å². The van der Waals surface area contributed by atoms with Crippen molar-refractivity contribution < 1.29 is 12.8 Å². The molecule has 2 rings (SSSR count). The van der Waals surface area contributed by atoms with Crippen LogP contribution in [0.5, 0.6) is 0 Å². The lowest BCUT2D eigenvalue weighted by Gasteiger charge is -2.11. The predicted molar refractivity (Wildman–Crippen MR) is 71.4 cm³/mol. The van der Waals surface area contributed by atoms with E-state index in [1.807, 2.05) is 0 Å². The molecule has 1 aliphatic rings. The highest BCUT2D eigenvalue weighted by molar-refractivity contribution is 9.10. The summed E-state index contributed by atoms with van der Waals surface area (Å²) in [7, 11) is -3.53. The maximum absolute atomic E-state index is 12.2. The number of hydrogen-bond acceptors (Lipinski definition) is 4. The van der Waals surface area contributed by atoms with Gasteiger partial charge in [0.2, 0.25) is 10.0 Å². The first kappa shape index (κ1) is 14.0. The Hall–Kier alpha value is -0.370. The van der Waals surface area contributed by atoms with Gasteiger partial charge in [-0.1, -0.05) is 6.92 Å². The van der Waals surface area contributed by atoms with Crippen LogP contribution in [-0.4, -0.2) is 14.5 Å². The van der Waals surface area contributed by atoms with Gasteiger partial charge in [0, 0.05) is 12.1 Å². The third-order valence-corrected chi connectivity index (χ3v) is 5.59. The lowest BCUT2D eigenvalue weighted by Crippen LogP contribution is -2.32. The molecule has 1 aromatic heterocycles. The quantitative estimate of drug-likeness (QED) is 0.880. The molecule has 1 aliphatic carbocycles. The van der Waals surface area contributed by atoms with E-state index >= 15 is 0 Å². The Morgan fingerprint density at radius 1 is 1.56 bits per heavy atom. The van der Waals surface area contributed by atoms with E-state index < -0.39 is 10.0 Å². The molecule has 2 atom stereocenters. The number of halogens is 1. The Morgan fingerprint density at radius 2 is 2.28 bits per heavy atom. The highest BCUT2D eigenvalue weighted by Crippen LogP contribution is 2.29. The molecule has 1 heterocycles. The van der Waals surface area contributed by atoms with Gasteiger partial charge in [-0.2, -0.15) is 0 Å². The van der Waals surface area contributed by atoms with Crippen molar-refractivity contribution in [1.29, 1.82) is 0 Å². The summed E-state index contributed by atoms with van der Waals surface area (Å²) in [5, 5.41) is 0. The zero-order valence-corrected chi connectivity index (χ0v) is 12.6. The molecule has 0 aliphatic heterocycles. The van der Waals surface area contributed by atoms with Crippen LogP contribution in [0, 0.1) is 5.92 Å². The molecular weight excluding hydrogens is 320 g/mol. The second-order valence-corrected chi connectivity index (χ2v) is 7.19. The van der Waals surface area contributed by atoms with Crippen LogP contribution in [0.1, 0.15) is 31.9 Å². The van der Waals surface area contributed by atoms with Crippen LogP contribution in [-0.2, 0) is 16.6 Å². The summed E-state index contributed by atoms with van der Waals surface area (Å²) >= 11 is 3.11. The standard InChI is InChI=1S/C11H17BrN2O3S/c1-7-2-3-8(4-7)14-18(15,16)10-5-9(6-13)17-11(10)12/h5,7-8,14H,2-4,6,13H2,1H3. The zero-order valence-electron chi connectivity index (χ0n) is 10.1. The van der Waals surface area contributed by atoms with Gasteiger partial charge in [-0.05, 0) is 41.1 Å². The summed E-state index contributed by atoms with van der Waals surface area (Å²) in [6, 6.07) is 1.48. The zero-order chi connectivity index (χ0) is 13.3. The molecular formula is C11H17BrN2O3S. The molecule has 7 heteroatoms. The molecule has 102 valence electrons. The molecule has 1 saturated carbocycles. The Morgan fingerprint density at radius 3 is 2.78 bits per heavy atom. The van der Waals surface area contributed by atoms with Crippen LogP contribution in [0.2, 0.25) is 0 Å². The van der Waals surface area contributed by atoms with Crippen molar-refractivity contribution in [3.63, 3.8) is 0 Å². The van der Waals surface area contributed by atoms with Gasteiger partial charge < -0.3 is 10.2 Å². The molecule has 0 spiro atoms. The molecule has 0 radical (unpaired) electrons. The molecule has 5 nitrogen and oxygen atoms in total. The van der Waals surface area contributed by atoms with Crippen molar-refractivity contribution in [1.82, 2.24) is 4.72 Å². The molecule has 1 fully saturated rings. The Bertz CT molecular complexity index is 526. The minimum atomic E-state index is -3.53. The van der Waals surface area contributed by atoms with E-state index in [1.165, 1.54) is 6.07 Å². The Balaban J connectivity index is 2.17. The largest absolute Gasteiger partial charge is 0.452 e. The minimum absolute atomic E-state index is 0.0214. The Kier molecular flexibility index (Phi) is 4.15. The average Bonchev–Trinajstić information content (AvgIpc) is 2.84. The van der Waals surface area contributed by atoms with Crippen molar-refractivity contribution in [3.8, 4) is 0 Å². The third-order valence-electron chi connectivity index (χ3n) is 3.21. The highest BCUT2D eigenvalue weighted by Gasteiger charge is 2.29. The van der Waals surface area contributed by atoms with Gasteiger partial charge in [0.1, 0.15) is 10.7 Å². The van der Waals surface area contributed by atoms with E-state index in [9.17, 15) is 8.42 Å². The first-order valence-electron chi connectivity index (χ1n) is 5.93. The number of nitrogens with one attached hydrogen (secondary N) is 1. The fraction of sp³-hybridized carbons (Fsp3) is 0.636. The van der Waals surface area contributed by atoms with Crippen molar-refractivity contribution in [2.24, 2.45) is 11.7 Å². The predicted octanol–water partition coefficient (Wildman–Crippen LogP) is 1.97. The highest BCUT2D eigenvalue weighted by atomic mass is 79.9. The van der Waals surface area contributed by atoms with Crippen molar-refractivity contribution in [2.75, 3.05) is 0 Å². The second kappa shape index (κ2) is 5.32. The Labute approximate surface area is 115 Å². The second-order valence-electron chi connectivity index (χ2n) is 4.79. The van der Waals surface area contributed by atoms with Crippen molar-refractivity contribution in [3.05, 3.63) is 16.5 Å². The molecule has 0 amide bonds. The minimum Gasteiger partial charge on any atom is -0.452 e. The molecule has 0 aromatic carbocycles. The van der Waals surface area contributed by atoms with Gasteiger partial charge in [-0.25, -0.2) is 13.1 Å². The van der Waals surface area contributed by atoms with Gasteiger partial charge in [0.25, 0.3) is 0 Å². The van der Waals surface area contributed by atoms with Crippen LogP contribution >= 0.6 is 15.9 Å². The third kappa shape index (κ3) is 2.96. The fourth-order valence-electron chi connectivity index (χ4n) is 2.28. The van der Waals surface area contributed by atoms with E-state index in [1.54, 1.807) is 0 Å². The maximum atomic E-state index is 12.2. The normalized spacial score (nSPS) is 24.6. The molecule has 1 aromatic rings. The first-order valence-corrected chi connectivity index (χ1v) is 8.20. The molecule has 3 N–H and O–H groups in total. The fourth-order valence-corrected chi connectivity index (χ4v) is 4.56. The van der Waals surface area contributed by atoms with Gasteiger partial charge in [-0.15, -0.1) is 0 Å². The SMILES string of the molecule is CC1CCC(NS(=O)(=O)c2cc(CN)oc2Br)C1. The van der Waals surface area contributed by atoms with Gasteiger partial charge in [0.15, 0.2) is 4.67 Å². The molecule has 2 unspecified atom stereocenters. The van der Waals surface area contributed by atoms with Crippen LogP contribution in [0.4, 0.5) is 0 Å². The summed E-state index contributed by atoms with van der Waals surface area (Å²) in [4.78, 5) is 0.127. The summed E-state index contributed by atoms with van der Waals surface area (Å²) in [5.41, 5.74) is 5.43. The van der Waals surface area contributed by atoms with E-state index in [2.05, 4.69) is 27.6 Å². The summed E-state index contributed by atoms with van der Waals surface area (Å²) in [6.45, 7) is 2.31. The van der Waals surface area contributed by atoms with Crippen LogP contribution in [0.3, 0.4) is 0 Å². The van der Waals surface area contributed by atoms with Crippen molar-refractivity contribution in [2.45, 2.75) is 43.7 Å². The van der Waals surface area contributed by atoms with E-state index in [4.69, 9.17) is 10.2 Å². The lowest BCUT2D eigenvalue weighted by molar-refractivity contribution is 0.482. The lowest BCUT2D eigenvalue weighted by atomic mass is 10.1. The molecule has 0 bridgehead atoms. The van der Waals surface area contributed by atoms with Crippen LogP contribution < -0.4 is 10.5 Å². The number of rotatable bonds is 4. The van der Waals surface area contributed by atoms with Crippen LogP contribution in [0.15, 0.2) is 20.0 Å². The molecule has 18 heavy (non-hydrogen) atoms. The van der Waals surface area contributed by atoms with Crippen LogP contribution in [0.25, 0.3) is 0 Å². The summed E-state index contributed by atoms with van der Waals surface area (Å²) < 4.78 is 32.5. The first-order chi connectivity index (χ1) is 8.42. The van der Waals surface area contributed by atoms with Gasteiger partial charge >= 0.3 is 0 Å².